The number of fused-ring (bicyclic) bond motifs is 1. The average molecular weight is 307 g/mol. The quantitative estimate of drug-likeness (QED) is 0.619. The van der Waals surface area contributed by atoms with Crippen molar-refractivity contribution in [2.45, 2.75) is 13.3 Å². The number of aryl methyl sites for hydroxylation is 1. The summed E-state index contributed by atoms with van der Waals surface area (Å²) in [6.45, 7) is 1.84. The highest BCUT2D eigenvalue weighted by molar-refractivity contribution is 6.41. The lowest BCUT2D eigenvalue weighted by Crippen LogP contribution is -1.98. The van der Waals surface area contributed by atoms with E-state index in [1.165, 1.54) is 0 Å². The maximum absolute atomic E-state index is 11.1. The van der Waals surface area contributed by atoms with Crippen molar-refractivity contribution in [3.05, 3.63) is 37.1 Å². The molecule has 0 aliphatic rings. The number of rotatable bonds is 2. The summed E-state index contributed by atoms with van der Waals surface area (Å²) < 4.78 is 0. The summed E-state index contributed by atoms with van der Waals surface area (Å²) in [6.07, 6.45) is 0.539. The molecule has 8 heteroatoms. The summed E-state index contributed by atoms with van der Waals surface area (Å²) in [5, 5.41) is 11.0. The molecule has 0 N–H and O–H groups in total. The molecule has 0 atom stereocenters. The van der Waals surface area contributed by atoms with Gasteiger partial charge in [0.05, 0.1) is 10.4 Å². The van der Waals surface area contributed by atoms with Crippen LogP contribution in [0.2, 0.25) is 15.3 Å². The molecule has 94 valence electrons. The first-order chi connectivity index (χ1) is 8.45. The van der Waals surface area contributed by atoms with Gasteiger partial charge in [-0.1, -0.05) is 41.7 Å². The Balaban J connectivity index is 2.95. The van der Waals surface area contributed by atoms with E-state index in [9.17, 15) is 10.1 Å². The fourth-order valence-electron chi connectivity index (χ4n) is 1.59. The molecule has 0 radical (unpaired) electrons. The molecule has 1 aromatic heterocycles. The lowest BCUT2D eigenvalue weighted by Gasteiger charge is -2.06. The molecule has 1 heterocycles. The lowest BCUT2D eigenvalue weighted by atomic mass is 10.1. The lowest BCUT2D eigenvalue weighted by molar-refractivity contribution is -0.383. The van der Waals surface area contributed by atoms with Gasteiger partial charge in [-0.2, -0.15) is 0 Å². The highest BCUT2D eigenvalue weighted by Crippen LogP contribution is 2.36. The Kier molecular flexibility index (Phi) is 3.56. The van der Waals surface area contributed by atoms with Crippen LogP contribution in [0.4, 0.5) is 5.69 Å². The number of benzene rings is 1. The molecule has 0 spiro atoms. The number of nitrogens with zero attached hydrogens (tertiary/aromatic N) is 3. The standard InChI is InChI=1S/C10H6Cl3N3O2/c1-2-4-3-5-7(8(6(4)11)16(17)18)15-10(13)9(12)14-5/h3H,2H2,1H3. The SMILES string of the molecule is CCc1cc2nc(Cl)c(Cl)nc2c([N+](=O)[O-])c1Cl. The van der Waals surface area contributed by atoms with E-state index in [4.69, 9.17) is 34.8 Å². The molecule has 2 aromatic rings. The minimum atomic E-state index is -0.595. The zero-order valence-corrected chi connectivity index (χ0v) is 11.3. The number of hydrogen-bond donors (Lipinski definition) is 0. The van der Waals surface area contributed by atoms with E-state index in [0.717, 1.165) is 0 Å². The van der Waals surface area contributed by atoms with Gasteiger partial charge in [-0.05, 0) is 18.1 Å². The normalized spacial score (nSPS) is 10.9. The summed E-state index contributed by atoms with van der Waals surface area (Å²) in [5.74, 6) is 0. The van der Waals surface area contributed by atoms with Gasteiger partial charge in [0, 0.05) is 0 Å². The minimum absolute atomic E-state index is 0.00263. The Morgan fingerprint density at radius 2 is 1.89 bits per heavy atom. The Morgan fingerprint density at radius 3 is 2.44 bits per heavy atom. The van der Waals surface area contributed by atoms with Crippen LogP contribution in [-0.4, -0.2) is 14.9 Å². The Labute approximate surface area is 117 Å². The number of nitro groups is 1. The van der Waals surface area contributed by atoms with Crippen molar-refractivity contribution in [1.29, 1.82) is 0 Å². The second-order valence-corrected chi connectivity index (χ2v) is 4.58. The van der Waals surface area contributed by atoms with E-state index in [1.54, 1.807) is 6.07 Å². The Morgan fingerprint density at radius 1 is 1.28 bits per heavy atom. The molecule has 0 saturated carbocycles. The third-order valence-corrected chi connectivity index (χ3v) is 3.48. The first-order valence-electron chi connectivity index (χ1n) is 4.94. The summed E-state index contributed by atoms with van der Waals surface area (Å²) in [5.41, 5.74) is 0.662. The second-order valence-electron chi connectivity index (χ2n) is 3.48. The smallest absolute Gasteiger partial charge is 0.258 e. The fourth-order valence-corrected chi connectivity index (χ4v) is 2.20. The van der Waals surface area contributed by atoms with Gasteiger partial charge in [-0.25, -0.2) is 9.97 Å². The molecular weight excluding hydrogens is 300 g/mol. The van der Waals surface area contributed by atoms with Crippen molar-refractivity contribution in [3.63, 3.8) is 0 Å². The predicted molar refractivity (Wildman–Crippen MR) is 70.6 cm³/mol. The molecule has 0 amide bonds. The third-order valence-electron chi connectivity index (χ3n) is 2.43. The second kappa shape index (κ2) is 4.84. The number of hydrogen-bond acceptors (Lipinski definition) is 4. The monoisotopic (exact) mass is 305 g/mol. The zero-order chi connectivity index (χ0) is 13.4. The van der Waals surface area contributed by atoms with E-state index >= 15 is 0 Å². The molecule has 18 heavy (non-hydrogen) atoms. The zero-order valence-electron chi connectivity index (χ0n) is 9.08. The van der Waals surface area contributed by atoms with Crippen molar-refractivity contribution in [1.82, 2.24) is 9.97 Å². The molecule has 5 nitrogen and oxygen atoms in total. The van der Waals surface area contributed by atoms with Crippen LogP contribution >= 0.6 is 34.8 Å². The van der Waals surface area contributed by atoms with Crippen LogP contribution in [0.3, 0.4) is 0 Å². The van der Waals surface area contributed by atoms with Crippen LogP contribution in [0, 0.1) is 10.1 Å². The number of halogens is 3. The molecule has 0 saturated heterocycles. The van der Waals surface area contributed by atoms with Gasteiger partial charge in [0.1, 0.15) is 5.02 Å². The van der Waals surface area contributed by atoms with Crippen molar-refractivity contribution < 1.29 is 4.92 Å². The first-order valence-corrected chi connectivity index (χ1v) is 6.07. The van der Waals surface area contributed by atoms with Crippen molar-refractivity contribution in [2.75, 3.05) is 0 Å². The Bertz CT molecular complexity index is 661. The first kappa shape index (κ1) is 13.3. The maximum Gasteiger partial charge on any atom is 0.315 e. The van der Waals surface area contributed by atoms with Gasteiger partial charge in [0.25, 0.3) is 0 Å². The topological polar surface area (TPSA) is 68.9 Å². The molecule has 0 fully saturated rings. The minimum Gasteiger partial charge on any atom is -0.258 e. The highest BCUT2D eigenvalue weighted by Gasteiger charge is 2.23. The third kappa shape index (κ3) is 2.09. The summed E-state index contributed by atoms with van der Waals surface area (Å²) in [7, 11) is 0. The van der Waals surface area contributed by atoms with Crippen LogP contribution in [0.15, 0.2) is 6.07 Å². The van der Waals surface area contributed by atoms with Gasteiger partial charge < -0.3 is 0 Å². The van der Waals surface area contributed by atoms with Crippen LogP contribution in [0.1, 0.15) is 12.5 Å². The van der Waals surface area contributed by atoms with Gasteiger partial charge in [-0.3, -0.25) is 10.1 Å². The van der Waals surface area contributed by atoms with E-state index in [0.29, 0.717) is 17.5 Å². The highest BCUT2D eigenvalue weighted by atomic mass is 35.5. The van der Waals surface area contributed by atoms with Crippen molar-refractivity contribution >= 4 is 51.5 Å². The summed E-state index contributed by atoms with van der Waals surface area (Å²) in [6, 6.07) is 1.62. The molecule has 0 aliphatic carbocycles. The van der Waals surface area contributed by atoms with Crippen LogP contribution in [0.5, 0.6) is 0 Å². The van der Waals surface area contributed by atoms with Gasteiger partial charge in [0.15, 0.2) is 15.8 Å². The molecule has 2 rings (SSSR count). The molecule has 1 aromatic carbocycles. The maximum atomic E-state index is 11.1. The van der Waals surface area contributed by atoms with E-state index in [-0.39, 0.29) is 26.5 Å². The van der Waals surface area contributed by atoms with Crippen LogP contribution in [0.25, 0.3) is 11.0 Å². The number of aromatic nitrogens is 2. The van der Waals surface area contributed by atoms with E-state index < -0.39 is 4.92 Å². The van der Waals surface area contributed by atoms with Crippen molar-refractivity contribution in [3.8, 4) is 0 Å². The Hall–Kier alpha value is -1.17. The summed E-state index contributed by atoms with van der Waals surface area (Å²) >= 11 is 17.5. The van der Waals surface area contributed by atoms with Crippen molar-refractivity contribution in [2.24, 2.45) is 0 Å². The number of nitro benzene ring substituents is 1. The summed E-state index contributed by atoms with van der Waals surface area (Å²) in [4.78, 5) is 18.3. The molecule has 0 bridgehead atoms. The van der Waals surface area contributed by atoms with E-state index in [2.05, 4.69) is 9.97 Å². The van der Waals surface area contributed by atoms with E-state index in [1.807, 2.05) is 6.92 Å². The largest absolute Gasteiger partial charge is 0.315 e. The van der Waals surface area contributed by atoms with Crippen LogP contribution < -0.4 is 0 Å². The molecule has 0 aliphatic heterocycles. The van der Waals surface area contributed by atoms with Gasteiger partial charge in [0.2, 0.25) is 0 Å². The van der Waals surface area contributed by atoms with Gasteiger partial charge >= 0.3 is 5.69 Å². The van der Waals surface area contributed by atoms with Gasteiger partial charge in [-0.15, -0.1) is 0 Å². The molecular formula is C10H6Cl3N3O2. The molecule has 0 unspecified atom stereocenters. The average Bonchev–Trinajstić information content (AvgIpc) is 2.30. The predicted octanol–water partition coefficient (Wildman–Crippen LogP) is 4.06. The fraction of sp³-hybridized carbons (Fsp3) is 0.200. The van der Waals surface area contributed by atoms with Crippen LogP contribution in [-0.2, 0) is 6.42 Å².